The first kappa shape index (κ1) is 14.7. The quantitative estimate of drug-likeness (QED) is 0.903. The maximum Gasteiger partial charge on any atom is 0.221 e. The largest absolute Gasteiger partial charge is 0.383 e. The maximum absolute atomic E-state index is 5.91. The van der Waals surface area contributed by atoms with Crippen molar-refractivity contribution in [2.75, 3.05) is 11.5 Å². The number of hydrogen-bond donors (Lipinski definition) is 2. The van der Waals surface area contributed by atoms with Gasteiger partial charge in [-0.2, -0.15) is 4.98 Å². The van der Waals surface area contributed by atoms with Gasteiger partial charge in [-0.05, 0) is 42.5 Å². The van der Waals surface area contributed by atoms with Gasteiger partial charge in [0.1, 0.15) is 5.82 Å². The predicted octanol–water partition coefficient (Wildman–Crippen LogP) is 3.53. The lowest BCUT2D eigenvalue weighted by Gasteiger charge is -2.15. The molecule has 4 N–H and O–H groups in total. The molecule has 1 heterocycles. The first-order valence-electron chi connectivity index (χ1n) is 6.55. The molecule has 0 aliphatic heterocycles. The van der Waals surface area contributed by atoms with Gasteiger partial charge in [0.2, 0.25) is 5.95 Å². The fraction of sp³-hybridized carbons (Fsp3) is 0.333. The van der Waals surface area contributed by atoms with Crippen molar-refractivity contribution in [3.05, 3.63) is 35.0 Å². The van der Waals surface area contributed by atoms with Crippen LogP contribution in [0.4, 0.5) is 11.8 Å². The van der Waals surface area contributed by atoms with Gasteiger partial charge in [-0.15, -0.1) is 0 Å². The molecule has 0 saturated carbocycles. The Kier molecular flexibility index (Phi) is 4.18. The molecule has 0 aliphatic carbocycles. The molecule has 2 aromatic rings. The lowest BCUT2D eigenvalue weighted by atomic mass is 9.98. The minimum absolute atomic E-state index is 0.205. The van der Waals surface area contributed by atoms with E-state index in [0.717, 1.165) is 4.90 Å². The Morgan fingerprint density at radius 3 is 2.30 bits per heavy atom. The molecule has 2 rings (SSSR count). The lowest BCUT2D eigenvalue weighted by Crippen LogP contribution is -2.01. The first-order chi connectivity index (χ1) is 9.38. The topological polar surface area (TPSA) is 77.8 Å². The van der Waals surface area contributed by atoms with Crippen molar-refractivity contribution in [2.24, 2.45) is 0 Å². The van der Waals surface area contributed by atoms with E-state index in [-0.39, 0.29) is 5.95 Å². The van der Waals surface area contributed by atoms with E-state index in [1.807, 2.05) is 0 Å². The van der Waals surface area contributed by atoms with Gasteiger partial charge in [-0.25, -0.2) is 4.98 Å². The van der Waals surface area contributed by atoms with Crippen LogP contribution in [0.2, 0.25) is 0 Å². The molecule has 0 atom stereocenters. The third-order valence-electron chi connectivity index (χ3n) is 3.27. The minimum Gasteiger partial charge on any atom is -0.383 e. The summed E-state index contributed by atoms with van der Waals surface area (Å²) >= 11 is 1.60. The Labute approximate surface area is 124 Å². The molecule has 4 nitrogen and oxygen atoms in total. The van der Waals surface area contributed by atoms with Gasteiger partial charge in [0.05, 0.1) is 4.90 Å². The summed E-state index contributed by atoms with van der Waals surface area (Å²) in [6.07, 6.45) is 1.68. The molecule has 0 fully saturated rings. The van der Waals surface area contributed by atoms with Crippen molar-refractivity contribution in [3.8, 4) is 0 Å². The van der Waals surface area contributed by atoms with Crippen LogP contribution in [0.15, 0.2) is 28.1 Å². The average Bonchev–Trinajstić information content (AvgIpc) is 2.36. The zero-order valence-corrected chi connectivity index (χ0v) is 13.1. The Morgan fingerprint density at radius 2 is 1.70 bits per heavy atom. The van der Waals surface area contributed by atoms with E-state index in [1.165, 1.54) is 21.6 Å². The molecule has 0 spiro atoms. The Balaban J connectivity index is 2.44. The van der Waals surface area contributed by atoms with Crippen LogP contribution in [0, 0.1) is 13.8 Å². The van der Waals surface area contributed by atoms with E-state index in [4.69, 9.17) is 11.5 Å². The van der Waals surface area contributed by atoms with E-state index in [2.05, 4.69) is 49.8 Å². The summed E-state index contributed by atoms with van der Waals surface area (Å²) in [5.74, 6) is 1.08. The molecule has 20 heavy (non-hydrogen) atoms. The van der Waals surface area contributed by atoms with Crippen LogP contribution in [-0.4, -0.2) is 9.97 Å². The molecule has 0 amide bonds. The summed E-state index contributed by atoms with van der Waals surface area (Å²) in [5.41, 5.74) is 15.3. The summed E-state index contributed by atoms with van der Waals surface area (Å²) in [7, 11) is 0. The molecule has 0 unspecified atom stereocenters. The van der Waals surface area contributed by atoms with Gasteiger partial charge in [0.15, 0.2) is 0 Å². The number of nitrogens with zero attached hydrogens (tertiary/aromatic N) is 2. The summed E-state index contributed by atoms with van der Waals surface area (Å²) in [6, 6.07) is 4.45. The molecular weight excluding hydrogens is 268 g/mol. The van der Waals surface area contributed by atoms with E-state index < -0.39 is 0 Å². The lowest BCUT2D eigenvalue weighted by molar-refractivity contribution is 0.838. The molecule has 1 aromatic carbocycles. The highest BCUT2D eigenvalue weighted by Crippen LogP contribution is 2.37. The summed E-state index contributed by atoms with van der Waals surface area (Å²) in [4.78, 5) is 10.1. The van der Waals surface area contributed by atoms with Gasteiger partial charge in [-0.3, -0.25) is 0 Å². The highest BCUT2D eigenvalue weighted by Gasteiger charge is 2.12. The van der Waals surface area contributed by atoms with E-state index in [0.29, 0.717) is 11.7 Å². The third kappa shape index (κ3) is 3.04. The summed E-state index contributed by atoms with van der Waals surface area (Å²) in [6.45, 7) is 8.64. The molecule has 5 heteroatoms. The van der Waals surface area contributed by atoms with Crippen molar-refractivity contribution in [3.63, 3.8) is 0 Å². The number of hydrogen-bond acceptors (Lipinski definition) is 5. The van der Waals surface area contributed by atoms with E-state index in [1.54, 1.807) is 18.0 Å². The van der Waals surface area contributed by atoms with Crippen molar-refractivity contribution in [1.29, 1.82) is 0 Å². The second-order valence-electron chi connectivity index (χ2n) is 5.21. The number of anilines is 2. The van der Waals surface area contributed by atoms with Gasteiger partial charge in [0, 0.05) is 11.1 Å². The van der Waals surface area contributed by atoms with Crippen LogP contribution < -0.4 is 11.5 Å². The standard InChI is InChI=1S/C15H20N4S/c1-8(2)11-5-9(3)10(4)6-12(11)20-13-7-18-15(17)19-14(13)16/h5-8H,1-4H3,(H4,16,17,18,19). The smallest absolute Gasteiger partial charge is 0.221 e. The maximum atomic E-state index is 5.91. The number of aryl methyl sites for hydroxylation is 2. The highest BCUT2D eigenvalue weighted by molar-refractivity contribution is 7.99. The minimum atomic E-state index is 0.205. The van der Waals surface area contributed by atoms with Crippen molar-refractivity contribution >= 4 is 23.5 Å². The number of rotatable bonds is 3. The Hall–Kier alpha value is -1.75. The third-order valence-corrected chi connectivity index (χ3v) is 4.38. The van der Waals surface area contributed by atoms with Crippen LogP contribution in [0.5, 0.6) is 0 Å². The number of aromatic nitrogens is 2. The Bertz CT molecular complexity index is 638. The fourth-order valence-corrected chi connectivity index (χ4v) is 3.09. The molecule has 0 radical (unpaired) electrons. The van der Waals surface area contributed by atoms with Crippen molar-refractivity contribution in [2.45, 2.75) is 43.4 Å². The molecule has 106 valence electrons. The molecule has 0 bridgehead atoms. The number of nitrogen functional groups attached to an aromatic ring is 2. The zero-order valence-electron chi connectivity index (χ0n) is 12.3. The van der Waals surface area contributed by atoms with E-state index in [9.17, 15) is 0 Å². The van der Waals surface area contributed by atoms with Gasteiger partial charge in [0.25, 0.3) is 0 Å². The molecular formula is C15H20N4S. The zero-order chi connectivity index (χ0) is 14.9. The van der Waals surface area contributed by atoms with Gasteiger partial charge >= 0.3 is 0 Å². The van der Waals surface area contributed by atoms with Crippen LogP contribution in [-0.2, 0) is 0 Å². The van der Waals surface area contributed by atoms with Crippen molar-refractivity contribution < 1.29 is 0 Å². The number of benzene rings is 1. The van der Waals surface area contributed by atoms with Crippen molar-refractivity contribution in [1.82, 2.24) is 9.97 Å². The summed E-state index contributed by atoms with van der Waals surface area (Å²) < 4.78 is 0. The fourth-order valence-electron chi connectivity index (χ4n) is 1.95. The summed E-state index contributed by atoms with van der Waals surface area (Å²) in [5, 5.41) is 0. The van der Waals surface area contributed by atoms with E-state index >= 15 is 0 Å². The van der Waals surface area contributed by atoms with Crippen LogP contribution >= 0.6 is 11.8 Å². The normalized spacial score (nSPS) is 11.1. The molecule has 1 aromatic heterocycles. The molecule has 0 aliphatic rings. The SMILES string of the molecule is Cc1cc(Sc2cnc(N)nc2N)c(C(C)C)cc1C. The van der Waals surface area contributed by atoms with Crippen LogP contribution in [0.3, 0.4) is 0 Å². The predicted molar refractivity (Wildman–Crippen MR) is 85.0 cm³/mol. The van der Waals surface area contributed by atoms with Gasteiger partial charge < -0.3 is 11.5 Å². The highest BCUT2D eigenvalue weighted by atomic mass is 32.2. The van der Waals surface area contributed by atoms with Crippen LogP contribution in [0.1, 0.15) is 36.5 Å². The first-order valence-corrected chi connectivity index (χ1v) is 7.37. The second-order valence-corrected chi connectivity index (χ2v) is 6.29. The van der Waals surface area contributed by atoms with Gasteiger partial charge in [-0.1, -0.05) is 31.7 Å². The monoisotopic (exact) mass is 288 g/mol. The number of nitrogens with two attached hydrogens (primary N) is 2. The Morgan fingerprint density at radius 1 is 1.05 bits per heavy atom. The van der Waals surface area contributed by atoms with Crippen LogP contribution in [0.25, 0.3) is 0 Å². The molecule has 0 saturated heterocycles. The second kappa shape index (κ2) is 5.71. The average molecular weight is 288 g/mol.